The van der Waals surface area contributed by atoms with Crippen LogP contribution in [0, 0.1) is 28.1 Å². The highest BCUT2D eigenvalue weighted by Crippen LogP contribution is 2.66. The van der Waals surface area contributed by atoms with E-state index < -0.39 is 5.60 Å². The molecule has 0 heterocycles. The normalized spacial score (nSPS) is 55.1. The van der Waals surface area contributed by atoms with Gasteiger partial charge in [0.2, 0.25) is 0 Å². The Hall–Kier alpha value is -0.340. The van der Waals surface area contributed by atoms with Gasteiger partial charge in [-0.1, -0.05) is 33.3 Å². The monoisotopic (exact) mass is 306 g/mol. The van der Waals surface area contributed by atoms with Gasteiger partial charge in [0.1, 0.15) is 0 Å². The Balaban J connectivity index is 1.94. The van der Waals surface area contributed by atoms with Gasteiger partial charge in [-0.15, -0.1) is 6.58 Å². The Morgan fingerprint density at radius 1 is 1.05 bits per heavy atom. The maximum atomic E-state index is 11.5. The fourth-order valence-corrected chi connectivity index (χ4v) is 6.73. The minimum absolute atomic E-state index is 0.0491. The highest BCUT2D eigenvalue weighted by molar-refractivity contribution is 5.14. The molecule has 3 rings (SSSR count). The van der Waals surface area contributed by atoms with Crippen LogP contribution < -0.4 is 0 Å². The van der Waals surface area contributed by atoms with Crippen LogP contribution in [0.4, 0.5) is 0 Å². The van der Waals surface area contributed by atoms with Crippen molar-refractivity contribution in [3.63, 3.8) is 0 Å². The summed E-state index contributed by atoms with van der Waals surface area (Å²) < 4.78 is 0. The van der Waals surface area contributed by atoms with Crippen molar-refractivity contribution in [1.29, 1.82) is 0 Å². The molecule has 0 aromatic heterocycles. The third kappa shape index (κ3) is 2.21. The van der Waals surface area contributed by atoms with Gasteiger partial charge in [0, 0.05) is 6.61 Å². The number of aliphatic hydroxyl groups is 2. The second kappa shape index (κ2) is 5.08. The first kappa shape index (κ1) is 16.5. The first-order chi connectivity index (χ1) is 10.2. The quantitative estimate of drug-likeness (QED) is 0.746. The molecule has 0 aromatic carbocycles. The lowest BCUT2D eigenvalue weighted by Crippen LogP contribution is -2.62. The van der Waals surface area contributed by atoms with Gasteiger partial charge in [-0.05, 0) is 73.0 Å². The molecule has 0 spiro atoms. The second-order valence-corrected chi connectivity index (χ2v) is 9.49. The van der Waals surface area contributed by atoms with Gasteiger partial charge in [0.15, 0.2) is 0 Å². The summed E-state index contributed by atoms with van der Waals surface area (Å²) >= 11 is 0. The van der Waals surface area contributed by atoms with Gasteiger partial charge in [-0.2, -0.15) is 0 Å². The van der Waals surface area contributed by atoms with Crippen LogP contribution in [0.5, 0.6) is 0 Å². The molecule has 0 saturated heterocycles. The van der Waals surface area contributed by atoms with Gasteiger partial charge < -0.3 is 10.2 Å². The molecule has 3 fully saturated rings. The van der Waals surface area contributed by atoms with Crippen LogP contribution in [-0.4, -0.2) is 22.4 Å². The summed E-state index contributed by atoms with van der Waals surface area (Å²) in [5.74, 6) is 0.940. The smallest absolute Gasteiger partial charge is 0.0689 e. The van der Waals surface area contributed by atoms with Gasteiger partial charge in [0.25, 0.3) is 0 Å². The van der Waals surface area contributed by atoms with E-state index in [2.05, 4.69) is 33.4 Å². The van der Waals surface area contributed by atoms with Gasteiger partial charge in [-0.25, -0.2) is 0 Å². The largest absolute Gasteiger partial charge is 0.396 e. The number of hydrogen-bond donors (Lipinski definition) is 2. The van der Waals surface area contributed by atoms with Crippen molar-refractivity contribution in [2.24, 2.45) is 28.1 Å². The average Bonchev–Trinajstić information content (AvgIpc) is 2.46. The van der Waals surface area contributed by atoms with Crippen LogP contribution in [0.3, 0.4) is 0 Å². The standard InChI is InChI=1S/C20H34O2/c1-5-17(2)11-7-16-19(4)10-6-9-18(3,14-21)15(19)8-12-20(16,22)13-17/h5,15-16,21-22H,1,6-14H2,2-4H3/t15-,16+,17+,18-,19-,20+/m0/s1. The Morgan fingerprint density at radius 3 is 2.36 bits per heavy atom. The zero-order chi connectivity index (χ0) is 16.2. The molecule has 3 saturated carbocycles. The van der Waals surface area contributed by atoms with Crippen molar-refractivity contribution in [1.82, 2.24) is 0 Å². The van der Waals surface area contributed by atoms with E-state index in [1.807, 2.05) is 0 Å². The molecule has 126 valence electrons. The zero-order valence-corrected chi connectivity index (χ0v) is 14.7. The van der Waals surface area contributed by atoms with Crippen molar-refractivity contribution in [3.8, 4) is 0 Å². The van der Waals surface area contributed by atoms with E-state index in [1.165, 1.54) is 12.8 Å². The molecule has 0 aliphatic heterocycles. The number of rotatable bonds is 2. The van der Waals surface area contributed by atoms with Crippen LogP contribution >= 0.6 is 0 Å². The lowest BCUT2D eigenvalue weighted by Gasteiger charge is -2.64. The van der Waals surface area contributed by atoms with Gasteiger partial charge in [0.05, 0.1) is 5.60 Å². The van der Waals surface area contributed by atoms with Crippen LogP contribution in [0.25, 0.3) is 0 Å². The molecule has 0 unspecified atom stereocenters. The van der Waals surface area contributed by atoms with E-state index in [4.69, 9.17) is 0 Å². The molecular weight excluding hydrogens is 272 g/mol. The first-order valence-corrected chi connectivity index (χ1v) is 9.18. The van der Waals surface area contributed by atoms with Crippen LogP contribution in [0.1, 0.15) is 72.1 Å². The molecule has 0 amide bonds. The van der Waals surface area contributed by atoms with Crippen molar-refractivity contribution in [2.75, 3.05) is 6.61 Å². The van der Waals surface area contributed by atoms with E-state index in [9.17, 15) is 10.2 Å². The molecule has 2 nitrogen and oxygen atoms in total. The fourth-order valence-electron chi connectivity index (χ4n) is 6.73. The van der Waals surface area contributed by atoms with E-state index >= 15 is 0 Å². The van der Waals surface area contributed by atoms with Crippen molar-refractivity contribution in [3.05, 3.63) is 12.7 Å². The maximum absolute atomic E-state index is 11.5. The van der Waals surface area contributed by atoms with E-state index in [-0.39, 0.29) is 16.2 Å². The Bertz CT molecular complexity index is 461. The molecule has 3 aliphatic carbocycles. The first-order valence-electron chi connectivity index (χ1n) is 9.18. The van der Waals surface area contributed by atoms with Crippen molar-refractivity contribution >= 4 is 0 Å². The molecule has 0 aromatic rings. The third-order valence-electron chi connectivity index (χ3n) is 7.98. The molecular formula is C20H34O2. The van der Waals surface area contributed by atoms with Crippen LogP contribution in [0.15, 0.2) is 12.7 Å². The Kier molecular flexibility index (Phi) is 3.81. The molecule has 0 radical (unpaired) electrons. The summed E-state index contributed by atoms with van der Waals surface area (Å²) in [6.07, 6.45) is 10.7. The topological polar surface area (TPSA) is 40.5 Å². The maximum Gasteiger partial charge on any atom is 0.0689 e. The minimum Gasteiger partial charge on any atom is -0.396 e. The molecule has 6 atom stereocenters. The lowest BCUT2D eigenvalue weighted by molar-refractivity contribution is -0.210. The van der Waals surface area contributed by atoms with Gasteiger partial charge >= 0.3 is 0 Å². The number of fused-ring (bicyclic) bond motifs is 3. The van der Waals surface area contributed by atoms with Gasteiger partial charge in [-0.3, -0.25) is 0 Å². The predicted molar refractivity (Wildman–Crippen MR) is 90.5 cm³/mol. The van der Waals surface area contributed by atoms with Crippen LogP contribution in [0.2, 0.25) is 0 Å². The summed E-state index contributed by atoms with van der Waals surface area (Å²) in [7, 11) is 0. The average molecular weight is 306 g/mol. The minimum atomic E-state index is -0.528. The number of aliphatic hydroxyl groups excluding tert-OH is 1. The predicted octanol–water partition coefficient (Wildman–Crippen LogP) is 4.31. The molecule has 3 aliphatic rings. The summed E-state index contributed by atoms with van der Waals surface area (Å²) in [5.41, 5.74) is -0.206. The number of allylic oxidation sites excluding steroid dienone is 1. The lowest BCUT2D eigenvalue weighted by atomic mass is 9.42. The third-order valence-corrected chi connectivity index (χ3v) is 7.98. The van der Waals surface area contributed by atoms with E-state index in [0.717, 1.165) is 38.5 Å². The number of hydrogen-bond acceptors (Lipinski definition) is 2. The summed E-state index contributed by atoms with van der Waals surface area (Å²) in [4.78, 5) is 0. The molecule has 2 heteroatoms. The molecule has 2 N–H and O–H groups in total. The Morgan fingerprint density at radius 2 is 1.73 bits per heavy atom. The van der Waals surface area contributed by atoms with Crippen molar-refractivity contribution < 1.29 is 10.2 Å². The zero-order valence-electron chi connectivity index (χ0n) is 14.7. The summed E-state index contributed by atoms with van der Waals surface area (Å²) in [6.45, 7) is 11.2. The fraction of sp³-hybridized carbons (Fsp3) is 0.900. The SMILES string of the molecule is C=C[C@]1(C)CC[C@H]2[C@@](O)(CC[C@H]3[C@](C)(CO)CCC[C@@]32C)C1. The van der Waals surface area contributed by atoms with Crippen molar-refractivity contribution in [2.45, 2.75) is 77.7 Å². The Labute approximate surface area is 136 Å². The molecule has 22 heavy (non-hydrogen) atoms. The second-order valence-electron chi connectivity index (χ2n) is 9.49. The van der Waals surface area contributed by atoms with E-state index in [1.54, 1.807) is 0 Å². The van der Waals surface area contributed by atoms with E-state index in [0.29, 0.717) is 18.4 Å². The van der Waals surface area contributed by atoms with Crippen LogP contribution in [-0.2, 0) is 0 Å². The summed E-state index contributed by atoms with van der Waals surface area (Å²) in [6, 6.07) is 0. The molecule has 0 bridgehead atoms. The highest BCUT2D eigenvalue weighted by atomic mass is 16.3. The summed E-state index contributed by atoms with van der Waals surface area (Å²) in [5, 5.41) is 21.5. The highest BCUT2D eigenvalue weighted by Gasteiger charge is 2.62.